The minimum atomic E-state index is -3.40. The Hall–Kier alpha value is -1.33. The van der Waals surface area contributed by atoms with Gasteiger partial charge in [0.1, 0.15) is 0 Å². The molecular formula is C4H3N2O5P. The molecule has 2 N–H and O–H groups in total. The first-order valence-corrected chi connectivity index (χ1v) is 4.27. The van der Waals surface area contributed by atoms with Gasteiger partial charge in [0, 0.05) is 0 Å². The predicted octanol–water partition coefficient (Wildman–Crippen LogP) is -0.0764. The third kappa shape index (κ3) is 0.717. The summed E-state index contributed by atoms with van der Waals surface area (Å²) < 4.78 is 25.4. The highest BCUT2D eigenvalue weighted by atomic mass is 31.2. The molecule has 0 saturated heterocycles. The van der Waals surface area contributed by atoms with Crippen molar-refractivity contribution in [2.45, 2.75) is 0 Å². The minimum Gasteiger partial charge on any atom is -0.412 e. The molecule has 1 aromatic heterocycles. The van der Waals surface area contributed by atoms with Crippen molar-refractivity contribution >= 4 is 7.82 Å². The Bertz CT molecular complexity index is 379. The first-order chi connectivity index (χ1) is 5.25. The van der Waals surface area contributed by atoms with Crippen LogP contribution in [0.1, 0.15) is 0 Å². The van der Waals surface area contributed by atoms with Gasteiger partial charge in [0.15, 0.2) is 0 Å². The lowest BCUT2D eigenvalue weighted by Gasteiger charge is -2.09. The molecule has 1 atom stereocenters. The van der Waals surface area contributed by atoms with Gasteiger partial charge in [0.25, 0.3) is 11.8 Å². The Kier molecular flexibility index (Phi) is 1.15. The summed E-state index contributed by atoms with van der Waals surface area (Å²) in [6, 6.07) is 0. The van der Waals surface area contributed by atoms with Gasteiger partial charge >= 0.3 is 7.82 Å². The van der Waals surface area contributed by atoms with E-state index < -0.39 is 7.82 Å². The molecule has 12 heavy (non-hydrogen) atoms. The van der Waals surface area contributed by atoms with Crippen LogP contribution in [-0.4, -0.2) is 15.4 Å². The quantitative estimate of drug-likeness (QED) is 0.530. The largest absolute Gasteiger partial charge is 0.651 e. The van der Waals surface area contributed by atoms with Crippen LogP contribution in [0.5, 0.6) is 17.6 Å². The molecule has 0 saturated carbocycles. The van der Waals surface area contributed by atoms with E-state index in [-0.39, 0.29) is 23.1 Å². The van der Waals surface area contributed by atoms with Crippen molar-refractivity contribution in [3.8, 4) is 17.6 Å². The van der Waals surface area contributed by atoms with Gasteiger partial charge in [0.2, 0.25) is 5.88 Å². The summed E-state index contributed by atoms with van der Waals surface area (Å²) in [6.07, 6.45) is 1.33. The SMILES string of the molecule is O.O=P12Oc3cnc(c(n3)O1)O2. The fraction of sp³-hybridized carbons (Fsp3) is 0. The fourth-order valence-corrected chi connectivity index (χ4v) is 1.99. The number of nitrogens with zero attached hydrogens (tertiary/aromatic N) is 2. The first kappa shape index (κ1) is 7.33. The van der Waals surface area contributed by atoms with Crippen LogP contribution in [0.25, 0.3) is 0 Å². The van der Waals surface area contributed by atoms with Crippen molar-refractivity contribution in [1.29, 1.82) is 0 Å². The molecule has 3 heterocycles. The molecule has 64 valence electrons. The van der Waals surface area contributed by atoms with E-state index in [4.69, 9.17) is 13.6 Å². The van der Waals surface area contributed by atoms with Crippen molar-refractivity contribution in [2.24, 2.45) is 0 Å². The first-order valence-electron chi connectivity index (χ1n) is 2.81. The van der Waals surface area contributed by atoms with Crippen molar-refractivity contribution in [3.63, 3.8) is 0 Å². The molecule has 8 heteroatoms. The van der Waals surface area contributed by atoms with Crippen LogP contribution in [0.2, 0.25) is 0 Å². The summed E-state index contributed by atoms with van der Waals surface area (Å²) in [5.41, 5.74) is 0. The van der Waals surface area contributed by atoms with Gasteiger partial charge in [-0.25, -0.2) is 4.98 Å². The summed E-state index contributed by atoms with van der Waals surface area (Å²) in [7, 11) is -3.40. The van der Waals surface area contributed by atoms with E-state index in [0.717, 1.165) is 0 Å². The Balaban J connectivity index is 0.000000563. The van der Waals surface area contributed by atoms with Gasteiger partial charge in [-0.15, -0.1) is 0 Å². The van der Waals surface area contributed by atoms with Gasteiger partial charge in [-0.3, -0.25) is 0 Å². The van der Waals surface area contributed by atoms with Crippen LogP contribution in [0.3, 0.4) is 0 Å². The third-order valence-electron chi connectivity index (χ3n) is 1.29. The average molecular weight is 190 g/mol. The Labute approximate surface area is 66.2 Å². The Morgan fingerprint density at radius 3 is 2.83 bits per heavy atom. The molecule has 3 bridgehead atoms. The molecule has 2 aliphatic rings. The van der Waals surface area contributed by atoms with E-state index >= 15 is 0 Å². The molecular weight excluding hydrogens is 187 g/mol. The summed E-state index contributed by atoms with van der Waals surface area (Å²) in [4.78, 5) is 7.50. The normalized spacial score (nSPS) is 26.7. The van der Waals surface area contributed by atoms with Crippen LogP contribution < -0.4 is 13.6 Å². The molecule has 2 aliphatic heterocycles. The molecule has 3 rings (SSSR count). The van der Waals surface area contributed by atoms with Gasteiger partial charge in [0.05, 0.1) is 6.20 Å². The maximum absolute atomic E-state index is 11.2. The van der Waals surface area contributed by atoms with Crippen molar-refractivity contribution in [3.05, 3.63) is 6.20 Å². The molecule has 0 aliphatic carbocycles. The zero-order valence-corrected chi connectivity index (χ0v) is 6.45. The number of aromatic nitrogens is 2. The number of hydrogen-bond donors (Lipinski definition) is 0. The minimum absolute atomic E-state index is 0. The second kappa shape index (κ2) is 1.88. The highest BCUT2D eigenvalue weighted by molar-refractivity contribution is 7.50. The molecule has 0 spiro atoms. The number of fused-ring (bicyclic) bond motifs is 2. The number of phosphoric acid groups is 1. The lowest BCUT2D eigenvalue weighted by atomic mass is 10.7. The molecule has 7 nitrogen and oxygen atoms in total. The predicted molar refractivity (Wildman–Crippen MR) is 35.1 cm³/mol. The number of hydrogen-bond acceptors (Lipinski definition) is 6. The van der Waals surface area contributed by atoms with E-state index in [1.54, 1.807) is 0 Å². The van der Waals surface area contributed by atoms with Crippen LogP contribution in [0, 0.1) is 0 Å². The van der Waals surface area contributed by atoms with E-state index in [2.05, 4.69) is 9.97 Å². The molecule has 1 unspecified atom stereocenters. The van der Waals surface area contributed by atoms with Gasteiger partial charge in [-0.2, -0.15) is 9.55 Å². The van der Waals surface area contributed by atoms with E-state index in [9.17, 15) is 4.57 Å². The maximum Gasteiger partial charge on any atom is 0.651 e. The lowest BCUT2D eigenvalue weighted by Crippen LogP contribution is -2.03. The lowest BCUT2D eigenvalue weighted by molar-refractivity contribution is 0.313. The van der Waals surface area contributed by atoms with Gasteiger partial charge in [-0.1, -0.05) is 0 Å². The van der Waals surface area contributed by atoms with Crippen molar-refractivity contribution in [2.75, 3.05) is 0 Å². The van der Waals surface area contributed by atoms with Crippen LogP contribution >= 0.6 is 7.82 Å². The van der Waals surface area contributed by atoms with Crippen LogP contribution in [-0.2, 0) is 4.57 Å². The molecule has 0 radical (unpaired) electrons. The zero-order chi connectivity index (χ0) is 7.47. The maximum atomic E-state index is 11.2. The van der Waals surface area contributed by atoms with Gasteiger partial charge < -0.3 is 19.0 Å². The van der Waals surface area contributed by atoms with E-state index in [1.165, 1.54) is 6.20 Å². The standard InChI is InChI=1S/C4HN2O4P.H2O/c7-11-8-2-1-5-3(9-11)4(6-2)10-11;/h1H;1H2. The fourth-order valence-electron chi connectivity index (χ4n) is 0.894. The Morgan fingerprint density at radius 2 is 2.00 bits per heavy atom. The summed E-state index contributed by atoms with van der Waals surface area (Å²) in [5, 5.41) is 0. The third-order valence-corrected chi connectivity index (χ3v) is 2.49. The van der Waals surface area contributed by atoms with Crippen molar-refractivity contribution in [1.82, 2.24) is 9.97 Å². The highest BCUT2D eigenvalue weighted by Gasteiger charge is 2.47. The molecule has 0 amide bonds. The number of phosphoric ester groups is 1. The summed E-state index contributed by atoms with van der Waals surface area (Å²) >= 11 is 0. The van der Waals surface area contributed by atoms with Gasteiger partial charge in [-0.05, 0) is 0 Å². The molecule has 0 aromatic carbocycles. The monoisotopic (exact) mass is 190 g/mol. The van der Waals surface area contributed by atoms with Crippen LogP contribution in [0.15, 0.2) is 6.20 Å². The molecule has 0 fully saturated rings. The van der Waals surface area contributed by atoms with Crippen LogP contribution in [0.4, 0.5) is 0 Å². The average Bonchev–Trinajstić information content (AvgIpc) is 2.07. The summed E-state index contributed by atoms with van der Waals surface area (Å²) in [5.74, 6) is 0.461. The van der Waals surface area contributed by atoms with E-state index in [0.29, 0.717) is 0 Å². The second-order valence-corrected chi connectivity index (χ2v) is 3.48. The van der Waals surface area contributed by atoms with Crippen molar-refractivity contribution < 1.29 is 23.6 Å². The highest BCUT2D eigenvalue weighted by Crippen LogP contribution is 2.60. The number of rotatable bonds is 0. The zero-order valence-electron chi connectivity index (χ0n) is 5.55. The molecule has 1 aromatic rings. The summed E-state index contributed by atoms with van der Waals surface area (Å²) in [6.45, 7) is 0. The second-order valence-electron chi connectivity index (χ2n) is 2.04. The smallest absolute Gasteiger partial charge is 0.412 e. The Morgan fingerprint density at radius 1 is 1.25 bits per heavy atom. The van der Waals surface area contributed by atoms with E-state index in [1.807, 2.05) is 0 Å². The topological polar surface area (TPSA) is 102 Å².